The topological polar surface area (TPSA) is 61.5 Å². The number of likely N-dealkylation sites (N-methyl/N-ethyl adjacent to an activating group) is 1. The SMILES string of the molecule is COc1ccc2c(C(=O)N(C)[C@@H]3CN4CCC3CC4)n[nH]c2c1. The average Bonchev–Trinajstić information content (AvgIpc) is 3.04. The number of hydrogen-bond acceptors (Lipinski definition) is 4. The first-order valence-electron chi connectivity index (χ1n) is 8.19. The standard InChI is InChI=1S/C17H22N4O2/c1-20(15-10-21-7-5-11(15)6-8-21)17(22)16-13-4-3-12(23-2)9-14(13)18-19-16/h3-4,9,11,15H,5-8,10H2,1-2H3,(H,18,19)/t15-/m1/s1. The highest BCUT2D eigenvalue weighted by Crippen LogP contribution is 2.31. The van der Waals surface area contributed by atoms with Crippen molar-refractivity contribution in [2.45, 2.75) is 18.9 Å². The van der Waals surface area contributed by atoms with Crippen LogP contribution in [0.3, 0.4) is 0 Å². The fourth-order valence-corrected chi connectivity index (χ4v) is 3.98. The van der Waals surface area contributed by atoms with Crippen LogP contribution >= 0.6 is 0 Å². The van der Waals surface area contributed by atoms with Gasteiger partial charge in [0.1, 0.15) is 5.75 Å². The molecular weight excluding hydrogens is 292 g/mol. The van der Waals surface area contributed by atoms with E-state index in [9.17, 15) is 4.79 Å². The van der Waals surface area contributed by atoms with E-state index in [1.165, 1.54) is 25.9 Å². The number of carbonyl (C=O) groups excluding carboxylic acids is 1. The molecule has 3 saturated heterocycles. The first-order chi connectivity index (χ1) is 11.2. The van der Waals surface area contributed by atoms with E-state index in [1.807, 2.05) is 30.1 Å². The molecule has 1 aromatic carbocycles. The fraction of sp³-hybridized carbons (Fsp3) is 0.529. The lowest BCUT2D eigenvalue weighted by molar-refractivity contribution is 0.0160. The molecule has 1 amide bonds. The molecule has 0 aliphatic carbocycles. The zero-order chi connectivity index (χ0) is 16.0. The summed E-state index contributed by atoms with van der Waals surface area (Å²) >= 11 is 0. The molecule has 5 rings (SSSR count). The quantitative estimate of drug-likeness (QED) is 0.937. The van der Waals surface area contributed by atoms with Gasteiger partial charge in [-0.05, 0) is 44.0 Å². The number of benzene rings is 1. The van der Waals surface area contributed by atoms with Gasteiger partial charge in [0.25, 0.3) is 5.91 Å². The largest absolute Gasteiger partial charge is 0.497 e. The summed E-state index contributed by atoms with van der Waals surface area (Å²) in [5, 5.41) is 8.06. The van der Waals surface area contributed by atoms with Crippen molar-refractivity contribution in [2.75, 3.05) is 33.8 Å². The van der Waals surface area contributed by atoms with Crippen molar-refractivity contribution < 1.29 is 9.53 Å². The number of methoxy groups -OCH3 is 1. The third-order valence-corrected chi connectivity index (χ3v) is 5.41. The molecule has 122 valence electrons. The van der Waals surface area contributed by atoms with Gasteiger partial charge < -0.3 is 14.5 Å². The van der Waals surface area contributed by atoms with Crippen molar-refractivity contribution in [3.05, 3.63) is 23.9 Å². The van der Waals surface area contributed by atoms with E-state index < -0.39 is 0 Å². The Balaban J connectivity index is 1.61. The Kier molecular flexibility index (Phi) is 3.49. The second-order valence-electron chi connectivity index (χ2n) is 6.61. The van der Waals surface area contributed by atoms with Crippen LogP contribution < -0.4 is 4.74 Å². The third-order valence-electron chi connectivity index (χ3n) is 5.41. The maximum absolute atomic E-state index is 12.9. The molecule has 3 fully saturated rings. The number of carbonyl (C=O) groups is 1. The molecule has 0 radical (unpaired) electrons. The van der Waals surface area contributed by atoms with Gasteiger partial charge in [0.2, 0.25) is 0 Å². The highest BCUT2D eigenvalue weighted by molar-refractivity contribution is 6.04. The minimum absolute atomic E-state index is 0.000154. The number of nitrogens with one attached hydrogen (secondary N) is 1. The van der Waals surface area contributed by atoms with Gasteiger partial charge in [-0.3, -0.25) is 9.89 Å². The van der Waals surface area contributed by atoms with Gasteiger partial charge in [0.15, 0.2) is 5.69 Å². The Labute approximate surface area is 135 Å². The second kappa shape index (κ2) is 5.53. The van der Waals surface area contributed by atoms with Crippen LogP contribution in [-0.2, 0) is 0 Å². The number of ether oxygens (including phenoxy) is 1. The summed E-state index contributed by atoms with van der Waals surface area (Å²) in [6.07, 6.45) is 2.39. The highest BCUT2D eigenvalue weighted by atomic mass is 16.5. The molecule has 1 N–H and O–H groups in total. The molecule has 6 nitrogen and oxygen atoms in total. The smallest absolute Gasteiger partial charge is 0.275 e. The van der Waals surface area contributed by atoms with Crippen LogP contribution in [0.2, 0.25) is 0 Å². The normalized spacial score (nSPS) is 26.4. The first-order valence-corrected chi connectivity index (χ1v) is 8.19. The molecule has 23 heavy (non-hydrogen) atoms. The van der Waals surface area contributed by atoms with E-state index in [2.05, 4.69) is 15.1 Å². The van der Waals surface area contributed by atoms with Gasteiger partial charge in [-0.2, -0.15) is 5.10 Å². The third kappa shape index (κ3) is 2.37. The maximum atomic E-state index is 12.9. The molecule has 6 heteroatoms. The molecule has 2 bridgehead atoms. The van der Waals surface area contributed by atoms with Gasteiger partial charge in [0.05, 0.1) is 12.6 Å². The minimum Gasteiger partial charge on any atom is -0.497 e. The molecule has 3 aliphatic heterocycles. The van der Waals surface area contributed by atoms with Crippen LogP contribution in [-0.4, -0.2) is 65.7 Å². The lowest BCUT2D eigenvalue weighted by Crippen LogP contribution is -2.57. The van der Waals surface area contributed by atoms with Crippen LogP contribution in [0.5, 0.6) is 5.75 Å². The molecule has 0 spiro atoms. The van der Waals surface area contributed by atoms with Gasteiger partial charge >= 0.3 is 0 Å². The number of H-pyrrole nitrogens is 1. The summed E-state index contributed by atoms with van der Waals surface area (Å²) in [7, 11) is 3.55. The Hall–Kier alpha value is -2.08. The highest BCUT2D eigenvalue weighted by Gasteiger charge is 2.38. The van der Waals surface area contributed by atoms with Gasteiger partial charge in [-0.25, -0.2) is 0 Å². The molecular formula is C17H22N4O2. The Morgan fingerprint density at radius 1 is 1.39 bits per heavy atom. The van der Waals surface area contributed by atoms with Crippen LogP contribution in [0.25, 0.3) is 10.9 Å². The predicted octanol–water partition coefficient (Wildman–Crippen LogP) is 1.74. The van der Waals surface area contributed by atoms with Crippen LogP contribution in [0.15, 0.2) is 18.2 Å². The molecule has 2 aromatic rings. The van der Waals surface area contributed by atoms with E-state index in [4.69, 9.17) is 4.74 Å². The number of aromatic amines is 1. The monoisotopic (exact) mass is 314 g/mol. The maximum Gasteiger partial charge on any atom is 0.275 e. The summed E-state index contributed by atoms with van der Waals surface area (Å²) in [6.45, 7) is 3.34. The van der Waals surface area contributed by atoms with Gasteiger partial charge in [-0.1, -0.05) is 0 Å². The lowest BCUT2D eigenvalue weighted by atomic mass is 9.83. The number of fused-ring (bicyclic) bond motifs is 4. The summed E-state index contributed by atoms with van der Waals surface area (Å²) in [5.74, 6) is 1.38. The van der Waals surface area contributed by atoms with Crippen LogP contribution in [0.4, 0.5) is 0 Å². The number of piperidine rings is 3. The Morgan fingerprint density at radius 3 is 2.83 bits per heavy atom. The molecule has 3 aliphatic rings. The zero-order valence-electron chi connectivity index (χ0n) is 13.6. The fourth-order valence-electron chi connectivity index (χ4n) is 3.98. The predicted molar refractivity (Wildman–Crippen MR) is 87.7 cm³/mol. The van der Waals surface area contributed by atoms with Crippen molar-refractivity contribution in [3.63, 3.8) is 0 Å². The van der Waals surface area contributed by atoms with E-state index in [0.717, 1.165) is 23.2 Å². The lowest BCUT2D eigenvalue weighted by Gasteiger charge is -2.47. The van der Waals surface area contributed by atoms with E-state index >= 15 is 0 Å². The molecule has 0 unspecified atom stereocenters. The van der Waals surface area contributed by atoms with Gasteiger partial charge in [0, 0.05) is 31.1 Å². The van der Waals surface area contributed by atoms with Crippen molar-refractivity contribution in [1.82, 2.24) is 20.0 Å². The summed E-state index contributed by atoms with van der Waals surface area (Å²) < 4.78 is 5.22. The van der Waals surface area contributed by atoms with Crippen LogP contribution in [0, 0.1) is 5.92 Å². The summed E-state index contributed by atoms with van der Waals surface area (Å²) in [5.41, 5.74) is 1.33. The average molecular weight is 314 g/mol. The van der Waals surface area contributed by atoms with Crippen molar-refractivity contribution in [3.8, 4) is 5.75 Å². The number of rotatable bonds is 3. The van der Waals surface area contributed by atoms with Crippen molar-refractivity contribution >= 4 is 16.8 Å². The van der Waals surface area contributed by atoms with Gasteiger partial charge in [-0.15, -0.1) is 0 Å². The second-order valence-corrected chi connectivity index (χ2v) is 6.61. The first kappa shape index (κ1) is 14.5. The van der Waals surface area contributed by atoms with Crippen molar-refractivity contribution in [1.29, 1.82) is 0 Å². The number of amides is 1. The van der Waals surface area contributed by atoms with Crippen molar-refractivity contribution in [2.24, 2.45) is 5.92 Å². The summed E-state index contributed by atoms with van der Waals surface area (Å²) in [4.78, 5) is 17.3. The van der Waals surface area contributed by atoms with E-state index in [-0.39, 0.29) is 5.91 Å². The summed E-state index contributed by atoms with van der Waals surface area (Å²) in [6, 6.07) is 5.93. The Bertz CT molecular complexity index is 733. The zero-order valence-corrected chi connectivity index (χ0v) is 13.6. The Morgan fingerprint density at radius 2 is 2.17 bits per heavy atom. The van der Waals surface area contributed by atoms with Crippen LogP contribution in [0.1, 0.15) is 23.3 Å². The number of nitrogens with zero attached hydrogens (tertiary/aromatic N) is 3. The molecule has 1 aromatic heterocycles. The minimum atomic E-state index is 0.000154. The van der Waals surface area contributed by atoms with E-state index in [1.54, 1.807) is 7.11 Å². The molecule has 4 heterocycles. The number of aromatic nitrogens is 2. The number of hydrogen-bond donors (Lipinski definition) is 1. The molecule has 1 atom stereocenters. The van der Waals surface area contributed by atoms with E-state index in [0.29, 0.717) is 17.7 Å². The molecule has 0 saturated carbocycles.